The van der Waals surface area contributed by atoms with Crippen molar-refractivity contribution in [1.82, 2.24) is 4.90 Å². The molecule has 2 N–H and O–H groups in total. The molecular weight excluding hydrogens is 188 g/mol. The van der Waals surface area contributed by atoms with Gasteiger partial charge in [0.15, 0.2) is 0 Å². The molecule has 2 rings (SSSR count). The minimum Gasteiger partial charge on any atom is -0.345 e. The summed E-state index contributed by atoms with van der Waals surface area (Å²) in [5, 5.41) is 0. The SMILES string of the molecule is CN(CC1CC1)C(=O)C1CCCC(N)C1. The monoisotopic (exact) mass is 210 g/mol. The van der Waals surface area contributed by atoms with E-state index in [4.69, 9.17) is 5.73 Å². The molecule has 2 aliphatic carbocycles. The van der Waals surface area contributed by atoms with E-state index in [1.165, 1.54) is 12.8 Å². The average Bonchev–Trinajstić information content (AvgIpc) is 3.00. The van der Waals surface area contributed by atoms with E-state index >= 15 is 0 Å². The smallest absolute Gasteiger partial charge is 0.225 e. The first-order valence-corrected chi connectivity index (χ1v) is 6.17. The van der Waals surface area contributed by atoms with Crippen LogP contribution in [0, 0.1) is 11.8 Å². The van der Waals surface area contributed by atoms with E-state index in [9.17, 15) is 4.79 Å². The second kappa shape index (κ2) is 4.52. The summed E-state index contributed by atoms with van der Waals surface area (Å²) in [7, 11) is 1.95. The van der Waals surface area contributed by atoms with Gasteiger partial charge in [0, 0.05) is 25.6 Å². The molecule has 0 saturated heterocycles. The molecule has 2 aliphatic rings. The van der Waals surface area contributed by atoms with Gasteiger partial charge in [-0.25, -0.2) is 0 Å². The number of nitrogens with zero attached hydrogens (tertiary/aromatic N) is 1. The maximum Gasteiger partial charge on any atom is 0.225 e. The van der Waals surface area contributed by atoms with Crippen molar-refractivity contribution < 1.29 is 4.79 Å². The van der Waals surface area contributed by atoms with Crippen molar-refractivity contribution >= 4 is 5.91 Å². The lowest BCUT2D eigenvalue weighted by Crippen LogP contribution is -2.39. The van der Waals surface area contributed by atoms with Crippen LogP contribution < -0.4 is 5.73 Å². The van der Waals surface area contributed by atoms with Crippen LogP contribution >= 0.6 is 0 Å². The maximum atomic E-state index is 12.1. The highest BCUT2D eigenvalue weighted by Gasteiger charge is 2.30. The average molecular weight is 210 g/mol. The van der Waals surface area contributed by atoms with Gasteiger partial charge in [0.25, 0.3) is 0 Å². The number of hydrogen-bond acceptors (Lipinski definition) is 2. The van der Waals surface area contributed by atoms with E-state index in [1.54, 1.807) is 0 Å². The molecule has 3 nitrogen and oxygen atoms in total. The van der Waals surface area contributed by atoms with Gasteiger partial charge in [-0.2, -0.15) is 0 Å². The molecule has 0 aromatic rings. The van der Waals surface area contributed by atoms with Gasteiger partial charge in [0.05, 0.1) is 0 Å². The predicted octanol–water partition coefficient (Wildman–Crippen LogP) is 1.37. The minimum absolute atomic E-state index is 0.206. The summed E-state index contributed by atoms with van der Waals surface area (Å²) < 4.78 is 0. The Labute approximate surface area is 92.0 Å². The van der Waals surface area contributed by atoms with Gasteiger partial charge in [-0.3, -0.25) is 4.79 Å². The molecular formula is C12H22N2O. The van der Waals surface area contributed by atoms with Gasteiger partial charge in [0.2, 0.25) is 5.91 Å². The summed E-state index contributed by atoms with van der Waals surface area (Å²) >= 11 is 0. The van der Waals surface area contributed by atoms with Crippen LogP contribution in [0.3, 0.4) is 0 Å². The van der Waals surface area contributed by atoms with Crippen molar-refractivity contribution in [2.24, 2.45) is 17.6 Å². The fraction of sp³-hybridized carbons (Fsp3) is 0.917. The van der Waals surface area contributed by atoms with Crippen LogP contribution in [-0.2, 0) is 4.79 Å². The van der Waals surface area contributed by atoms with Crippen molar-refractivity contribution in [3.05, 3.63) is 0 Å². The third-order valence-electron chi connectivity index (χ3n) is 3.67. The van der Waals surface area contributed by atoms with Gasteiger partial charge in [0.1, 0.15) is 0 Å². The zero-order valence-corrected chi connectivity index (χ0v) is 9.61. The van der Waals surface area contributed by atoms with Crippen molar-refractivity contribution in [3.8, 4) is 0 Å². The van der Waals surface area contributed by atoms with Crippen LogP contribution in [0.15, 0.2) is 0 Å². The minimum atomic E-state index is 0.206. The molecule has 15 heavy (non-hydrogen) atoms. The van der Waals surface area contributed by atoms with Gasteiger partial charge >= 0.3 is 0 Å². The topological polar surface area (TPSA) is 46.3 Å². The molecule has 0 aliphatic heterocycles. The van der Waals surface area contributed by atoms with Gasteiger partial charge < -0.3 is 10.6 Å². The van der Waals surface area contributed by atoms with E-state index in [0.717, 1.165) is 38.1 Å². The Morgan fingerprint density at radius 1 is 1.33 bits per heavy atom. The number of rotatable bonds is 3. The second-order valence-electron chi connectivity index (χ2n) is 5.29. The third kappa shape index (κ3) is 2.94. The van der Waals surface area contributed by atoms with E-state index in [0.29, 0.717) is 5.91 Å². The fourth-order valence-corrected chi connectivity index (χ4v) is 2.54. The predicted molar refractivity (Wildman–Crippen MR) is 60.3 cm³/mol. The van der Waals surface area contributed by atoms with E-state index in [2.05, 4.69) is 0 Å². The van der Waals surface area contributed by atoms with Gasteiger partial charge in [-0.1, -0.05) is 6.42 Å². The quantitative estimate of drug-likeness (QED) is 0.764. The lowest BCUT2D eigenvalue weighted by atomic mass is 9.85. The number of hydrogen-bond donors (Lipinski definition) is 1. The van der Waals surface area contributed by atoms with Crippen LogP contribution in [0.5, 0.6) is 0 Å². The zero-order valence-electron chi connectivity index (χ0n) is 9.61. The third-order valence-corrected chi connectivity index (χ3v) is 3.67. The molecule has 0 aromatic carbocycles. The summed E-state index contributed by atoms with van der Waals surface area (Å²) in [6.45, 7) is 0.963. The Kier molecular flexibility index (Phi) is 3.29. The molecule has 2 unspecified atom stereocenters. The zero-order chi connectivity index (χ0) is 10.8. The van der Waals surface area contributed by atoms with E-state index in [-0.39, 0.29) is 12.0 Å². The largest absolute Gasteiger partial charge is 0.345 e. The Hall–Kier alpha value is -0.570. The molecule has 2 atom stereocenters. The Morgan fingerprint density at radius 2 is 2.07 bits per heavy atom. The molecule has 2 saturated carbocycles. The summed E-state index contributed by atoms with van der Waals surface area (Å²) in [5.74, 6) is 1.32. The first-order chi connectivity index (χ1) is 7.16. The molecule has 0 heterocycles. The number of carbonyl (C=O) groups is 1. The fourth-order valence-electron chi connectivity index (χ4n) is 2.54. The number of nitrogens with two attached hydrogens (primary N) is 1. The molecule has 0 bridgehead atoms. The number of carbonyl (C=O) groups excluding carboxylic acids is 1. The standard InChI is InChI=1S/C12H22N2O/c1-14(8-9-5-6-9)12(15)10-3-2-4-11(13)7-10/h9-11H,2-8,13H2,1H3. The summed E-state index contributed by atoms with van der Waals surface area (Å²) in [6.07, 6.45) is 6.77. The van der Waals surface area contributed by atoms with E-state index < -0.39 is 0 Å². The maximum absolute atomic E-state index is 12.1. The normalized spacial score (nSPS) is 31.3. The lowest BCUT2D eigenvalue weighted by molar-refractivity contribution is -0.135. The van der Waals surface area contributed by atoms with E-state index in [1.807, 2.05) is 11.9 Å². The Balaban J connectivity index is 1.82. The van der Waals surface area contributed by atoms with Crippen LogP contribution in [-0.4, -0.2) is 30.4 Å². The van der Waals surface area contributed by atoms with Crippen LogP contribution in [0.4, 0.5) is 0 Å². The van der Waals surface area contributed by atoms with Crippen molar-refractivity contribution in [2.75, 3.05) is 13.6 Å². The van der Waals surface area contributed by atoms with Crippen molar-refractivity contribution in [3.63, 3.8) is 0 Å². The molecule has 0 spiro atoms. The Bertz CT molecular complexity index is 238. The molecule has 86 valence electrons. The summed E-state index contributed by atoms with van der Waals surface area (Å²) in [6, 6.07) is 0.252. The first-order valence-electron chi connectivity index (χ1n) is 6.17. The van der Waals surface area contributed by atoms with Gasteiger partial charge in [-0.05, 0) is 38.0 Å². The number of amides is 1. The van der Waals surface area contributed by atoms with Crippen molar-refractivity contribution in [2.45, 2.75) is 44.6 Å². The first kappa shape index (κ1) is 10.9. The second-order valence-corrected chi connectivity index (χ2v) is 5.29. The van der Waals surface area contributed by atoms with Crippen LogP contribution in [0.25, 0.3) is 0 Å². The highest BCUT2D eigenvalue weighted by molar-refractivity contribution is 5.78. The molecule has 0 aromatic heterocycles. The highest BCUT2D eigenvalue weighted by Crippen LogP contribution is 2.31. The van der Waals surface area contributed by atoms with Crippen molar-refractivity contribution in [1.29, 1.82) is 0 Å². The lowest BCUT2D eigenvalue weighted by Gasteiger charge is -2.29. The molecule has 0 radical (unpaired) electrons. The van der Waals surface area contributed by atoms with Gasteiger partial charge in [-0.15, -0.1) is 0 Å². The Morgan fingerprint density at radius 3 is 2.67 bits per heavy atom. The molecule has 3 heteroatoms. The molecule has 2 fully saturated rings. The van der Waals surface area contributed by atoms with Crippen LogP contribution in [0.1, 0.15) is 38.5 Å². The summed E-state index contributed by atoms with van der Waals surface area (Å²) in [4.78, 5) is 14.0. The molecule has 1 amide bonds. The van der Waals surface area contributed by atoms with Crippen LogP contribution in [0.2, 0.25) is 0 Å². The highest BCUT2D eigenvalue weighted by atomic mass is 16.2. The summed E-state index contributed by atoms with van der Waals surface area (Å²) in [5.41, 5.74) is 5.91.